The van der Waals surface area contributed by atoms with E-state index in [0.29, 0.717) is 4.57 Å². The quantitative estimate of drug-likeness (QED) is 0.764. The first-order valence-corrected chi connectivity index (χ1v) is 6.85. The van der Waals surface area contributed by atoms with Crippen molar-refractivity contribution in [2.75, 3.05) is 10.6 Å². The lowest BCUT2D eigenvalue weighted by molar-refractivity contribution is -0.184. The third-order valence-corrected chi connectivity index (χ3v) is 3.90. The van der Waals surface area contributed by atoms with Crippen molar-refractivity contribution in [1.29, 1.82) is 0 Å². The molecule has 0 spiro atoms. The molecule has 132 valence electrons. The van der Waals surface area contributed by atoms with Gasteiger partial charge in [0.1, 0.15) is 11.4 Å². The Labute approximate surface area is 137 Å². The van der Waals surface area contributed by atoms with Gasteiger partial charge in [-0.15, -0.1) is 0 Å². The van der Waals surface area contributed by atoms with E-state index >= 15 is 0 Å². The summed E-state index contributed by atoms with van der Waals surface area (Å²) >= 11 is 0. The zero-order valence-corrected chi connectivity index (χ0v) is 12.9. The summed E-state index contributed by atoms with van der Waals surface area (Å²) in [5.74, 6) is -2.58. The van der Waals surface area contributed by atoms with Crippen molar-refractivity contribution >= 4 is 17.7 Å². The highest BCUT2D eigenvalue weighted by Crippen LogP contribution is 2.46. The van der Waals surface area contributed by atoms with Crippen LogP contribution in [-0.2, 0) is 24.4 Å². The van der Waals surface area contributed by atoms with Crippen molar-refractivity contribution in [2.45, 2.75) is 11.7 Å². The van der Waals surface area contributed by atoms with Gasteiger partial charge in [-0.2, -0.15) is 13.2 Å². The fraction of sp³-hybridized carbons (Fsp3) is 0.308. The lowest BCUT2D eigenvalue weighted by Gasteiger charge is -2.30. The van der Waals surface area contributed by atoms with E-state index in [9.17, 15) is 27.6 Å². The van der Waals surface area contributed by atoms with Gasteiger partial charge in [-0.1, -0.05) is 0 Å². The summed E-state index contributed by atoms with van der Waals surface area (Å²) in [5.41, 5.74) is -6.50. The second-order valence-corrected chi connectivity index (χ2v) is 5.33. The predicted octanol–water partition coefficient (Wildman–Crippen LogP) is -0.304. The number of fused-ring (bicyclic) bond motifs is 1. The SMILES string of the molecule is Cn1c2c(c(=O)n(C)c1=O)[C@](Nc1ncccn1)(C(F)(F)F)C(=O)N2. The van der Waals surface area contributed by atoms with Crippen LogP contribution in [0.2, 0.25) is 0 Å². The van der Waals surface area contributed by atoms with Crippen LogP contribution in [-0.4, -0.2) is 31.2 Å². The Morgan fingerprint density at radius 1 is 1.12 bits per heavy atom. The summed E-state index contributed by atoms with van der Waals surface area (Å²) in [4.78, 5) is 43.9. The van der Waals surface area contributed by atoms with E-state index in [1.807, 2.05) is 10.6 Å². The topological polar surface area (TPSA) is 111 Å². The highest BCUT2D eigenvalue weighted by Gasteiger charge is 2.68. The third-order valence-electron chi connectivity index (χ3n) is 3.90. The summed E-state index contributed by atoms with van der Waals surface area (Å²) < 4.78 is 43.1. The molecule has 12 heteroatoms. The van der Waals surface area contributed by atoms with Crippen LogP contribution in [0.5, 0.6) is 0 Å². The second-order valence-electron chi connectivity index (χ2n) is 5.33. The first-order valence-electron chi connectivity index (χ1n) is 6.85. The van der Waals surface area contributed by atoms with Crippen molar-refractivity contribution in [3.63, 3.8) is 0 Å². The molecule has 1 aliphatic rings. The van der Waals surface area contributed by atoms with Gasteiger partial charge in [0.25, 0.3) is 17.0 Å². The molecule has 2 aromatic heterocycles. The normalized spacial score (nSPS) is 19.5. The van der Waals surface area contributed by atoms with E-state index in [2.05, 4.69) is 9.97 Å². The number of hydrogen-bond donors (Lipinski definition) is 2. The Morgan fingerprint density at radius 2 is 1.72 bits per heavy atom. The molecule has 0 radical (unpaired) electrons. The number of carbonyl (C=O) groups excluding carboxylic acids is 1. The molecule has 1 aliphatic heterocycles. The fourth-order valence-corrected chi connectivity index (χ4v) is 2.64. The van der Waals surface area contributed by atoms with Gasteiger partial charge >= 0.3 is 11.9 Å². The molecule has 3 heterocycles. The Balaban J connectivity index is 2.39. The molecular formula is C13H11F3N6O3. The molecule has 25 heavy (non-hydrogen) atoms. The molecule has 2 aromatic rings. The number of anilines is 2. The zero-order chi connectivity index (χ0) is 18.6. The molecule has 3 rings (SSSR count). The summed E-state index contributed by atoms with van der Waals surface area (Å²) in [6.45, 7) is 0. The van der Waals surface area contributed by atoms with Crippen LogP contribution < -0.4 is 21.9 Å². The fourth-order valence-electron chi connectivity index (χ4n) is 2.64. The number of aromatic nitrogens is 4. The number of halogens is 3. The largest absolute Gasteiger partial charge is 0.425 e. The standard InChI is InChI=1S/C13H11F3N6O3/c1-21-7-6(8(23)22(2)11(21)25)12(9(24)19-7,13(14,15)16)20-10-17-4-3-5-18-10/h3-5H,1-2H3,(H,19,24)(H,17,18,20)/t12-/m1/s1. The van der Waals surface area contributed by atoms with Crippen LogP contribution >= 0.6 is 0 Å². The lowest BCUT2D eigenvalue weighted by atomic mass is 9.92. The van der Waals surface area contributed by atoms with E-state index in [0.717, 1.165) is 18.7 Å². The molecule has 9 nitrogen and oxygen atoms in total. The predicted molar refractivity (Wildman–Crippen MR) is 78.9 cm³/mol. The minimum absolute atomic E-state index is 0.493. The van der Waals surface area contributed by atoms with Gasteiger partial charge in [0, 0.05) is 26.5 Å². The summed E-state index contributed by atoms with van der Waals surface area (Å²) in [7, 11) is 2.17. The second kappa shape index (κ2) is 5.16. The van der Waals surface area contributed by atoms with Crippen molar-refractivity contribution < 1.29 is 18.0 Å². The number of alkyl halides is 3. The minimum Gasteiger partial charge on any atom is -0.328 e. The van der Waals surface area contributed by atoms with Crippen LogP contribution in [0, 0.1) is 0 Å². The van der Waals surface area contributed by atoms with Gasteiger partial charge in [-0.3, -0.25) is 18.7 Å². The van der Waals surface area contributed by atoms with Crippen molar-refractivity contribution in [1.82, 2.24) is 19.1 Å². The van der Waals surface area contributed by atoms with Crippen molar-refractivity contribution in [3.05, 3.63) is 44.9 Å². The van der Waals surface area contributed by atoms with E-state index < -0.39 is 46.2 Å². The number of hydrogen-bond acceptors (Lipinski definition) is 6. The van der Waals surface area contributed by atoms with E-state index in [1.165, 1.54) is 18.5 Å². The van der Waals surface area contributed by atoms with E-state index in [1.54, 1.807) is 0 Å². The first-order chi connectivity index (χ1) is 11.6. The van der Waals surface area contributed by atoms with E-state index in [4.69, 9.17) is 0 Å². The molecule has 0 fully saturated rings. The molecule has 0 saturated heterocycles. The highest BCUT2D eigenvalue weighted by atomic mass is 19.4. The number of rotatable bonds is 2. The summed E-state index contributed by atoms with van der Waals surface area (Å²) in [6, 6.07) is 1.37. The Bertz CT molecular complexity index is 981. The van der Waals surface area contributed by atoms with Crippen LogP contribution in [0.25, 0.3) is 0 Å². The molecule has 0 unspecified atom stereocenters. The van der Waals surface area contributed by atoms with E-state index in [-0.39, 0.29) is 0 Å². The zero-order valence-electron chi connectivity index (χ0n) is 12.9. The molecule has 0 aromatic carbocycles. The lowest BCUT2D eigenvalue weighted by Crippen LogP contribution is -2.57. The molecule has 0 aliphatic carbocycles. The third kappa shape index (κ3) is 2.13. The summed E-state index contributed by atoms with van der Waals surface area (Å²) in [6.07, 6.45) is -2.87. The average molecular weight is 356 g/mol. The van der Waals surface area contributed by atoms with Crippen molar-refractivity contribution in [2.24, 2.45) is 14.1 Å². The maximum Gasteiger partial charge on any atom is 0.425 e. The molecule has 1 amide bonds. The minimum atomic E-state index is -5.22. The Hall–Kier alpha value is -3.18. The smallest absolute Gasteiger partial charge is 0.328 e. The van der Waals surface area contributed by atoms with Gasteiger partial charge in [0.05, 0.1) is 0 Å². The molecular weight excluding hydrogens is 345 g/mol. The van der Waals surface area contributed by atoms with Crippen LogP contribution in [0.1, 0.15) is 5.56 Å². The molecule has 0 saturated carbocycles. The average Bonchev–Trinajstić information content (AvgIpc) is 2.86. The van der Waals surface area contributed by atoms with Gasteiger partial charge < -0.3 is 10.6 Å². The maximum absolute atomic E-state index is 14.0. The van der Waals surface area contributed by atoms with Crippen molar-refractivity contribution in [3.8, 4) is 0 Å². The number of nitrogens with one attached hydrogen (secondary N) is 2. The molecule has 0 bridgehead atoms. The number of amides is 1. The highest BCUT2D eigenvalue weighted by molar-refractivity contribution is 6.07. The maximum atomic E-state index is 14.0. The number of nitrogens with zero attached hydrogens (tertiary/aromatic N) is 4. The summed E-state index contributed by atoms with van der Waals surface area (Å²) in [5, 5.41) is 3.89. The van der Waals surface area contributed by atoms with Gasteiger partial charge in [-0.05, 0) is 6.07 Å². The molecule has 1 atom stereocenters. The number of carbonyl (C=O) groups is 1. The van der Waals surface area contributed by atoms with Gasteiger partial charge in [0.2, 0.25) is 5.95 Å². The van der Waals surface area contributed by atoms with Crippen LogP contribution in [0.3, 0.4) is 0 Å². The Morgan fingerprint density at radius 3 is 2.28 bits per heavy atom. The molecule has 2 N–H and O–H groups in total. The monoisotopic (exact) mass is 356 g/mol. The van der Waals surface area contributed by atoms with Crippen LogP contribution in [0.4, 0.5) is 24.9 Å². The van der Waals surface area contributed by atoms with Gasteiger partial charge in [-0.25, -0.2) is 14.8 Å². The van der Waals surface area contributed by atoms with Gasteiger partial charge in [0.15, 0.2) is 0 Å². The van der Waals surface area contributed by atoms with Crippen LogP contribution in [0.15, 0.2) is 28.0 Å². The first kappa shape index (κ1) is 16.7. The Kier molecular flexibility index (Phi) is 3.44.